The van der Waals surface area contributed by atoms with E-state index in [0.29, 0.717) is 13.0 Å². The molecule has 5 heteroatoms. The number of carbonyl (C=O) groups is 3. The molecule has 0 spiro atoms. The Labute approximate surface area is 88.8 Å². The first-order valence-electron chi connectivity index (χ1n) is 5.12. The van der Waals surface area contributed by atoms with Gasteiger partial charge in [-0.2, -0.15) is 0 Å². The number of hydrogen-bond acceptors (Lipinski definition) is 4. The summed E-state index contributed by atoms with van der Waals surface area (Å²) in [4.78, 5) is 34.5. The van der Waals surface area contributed by atoms with E-state index in [1.54, 1.807) is 11.8 Å². The van der Waals surface area contributed by atoms with Crippen LogP contribution in [0.4, 0.5) is 0 Å². The van der Waals surface area contributed by atoms with Gasteiger partial charge in [0.05, 0.1) is 13.1 Å². The molecule has 1 heterocycles. The van der Waals surface area contributed by atoms with Gasteiger partial charge < -0.3 is 4.79 Å². The molecule has 0 atom stereocenters. The second kappa shape index (κ2) is 5.60. The molecule has 1 N–H and O–H groups in total. The molecule has 1 fully saturated rings. The largest absolute Gasteiger partial charge is 0.300 e. The van der Waals surface area contributed by atoms with Crippen molar-refractivity contribution in [2.45, 2.75) is 26.2 Å². The lowest BCUT2D eigenvalue weighted by Crippen LogP contribution is -2.51. The van der Waals surface area contributed by atoms with Gasteiger partial charge in [0.15, 0.2) is 0 Å². The summed E-state index contributed by atoms with van der Waals surface area (Å²) in [5.74, 6) is -0.293. The third kappa shape index (κ3) is 4.69. The normalized spacial score (nSPS) is 17.7. The zero-order valence-electron chi connectivity index (χ0n) is 8.91. The van der Waals surface area contributed by atoms with Crippen molar-refractivity contribution in [3.8, 4) is 0 Å². The molecule has 5 nitrogen and oxygen atoms in total. The van der Waals surface area contributed by atoms with Crippen LogP contribution in [0.25, 0.3) is 0 Å². The first-order valence-corrected chi connectivity index (χ1v) is 5.12. The van der Waals surface area contributed by atoms with Crippen LogP contribution in [0.1, 0.15) is 26.2 Å². The number of ketones is 1. The average Bonchev–Trinajstić information content (AvgIpc) is 2.10. The van der Waals surface area contributed by atoms with E-state index in [0.717, 1.165) is 12.8 Å². The zero-order valence-corrected chi connectivity index (χ0v) is 8.91. The standard InChI is InChI=1S/C10H16N2O3/c1-8(13)4-2-3-5-12-6-9(14)11-10(15)7-12/h2-7H2,1H3,(H,11,14,15). The van der Waals surface area contributed by atoms with Crippen molar-refractivity contribution in [3.05, 3.63) is 0 Å². The number of piperazine rings is 1. The van der Waals surface area contributed by atoms with Crippen molar-refractivity contribution < 1.29 is 14.4 Å². The topological polar surface area (TPSA) is 66.5 Å². The lowest BCUT2D eigenvalue weighted by molar-refractivity contribution is -0.136. The molecular formula is C10H16N2O3. The quantitative estimate of drug-likeness (QED) is 0.502. The minimum atomic E-state index is -0.238. The Bertz CT molecular complexity index is 260. The zero-order chi connectivity index (χ0) is 11.3. The highest BCUT2D eigenvalue weighted by Gasteiger charge is 2.21. The van der Waals surface area contributed by atoms with Gasteiger partial charge >= 0.3 is 0 Å². The Hall–Kier alpha value is -1.23. The highest BCUT2D eigenvalue weighted by atomic mass is 16.2. The lowest BCUT2D eigenvalue weighted by Gasteiger charge is -2.24. The Morgan fingerprint density at radius 3 is 2.40 bits per heavy atom. The molecule has 0 aromatic rings. The van der Waals surface area contributed by atoms with Crippen LogP contribution in [0.3, 0.4) is 0 Å². The smallest absolute Gasteiger partial charge is 0.240 e. The number of rotatable bonds is 5. The van der Waals surface area contributed by atoms with Gasteiger partial charge in [0.1, 0.15) is 5.78 Å². The molecule has 1 saturated heterocycles. The number of Topliss-reactive ketones (excluding diaryl/α,β-unsaturated/α-hetero) is 1. The first-order chi connectivity index (χ1) is 7.08. The second-order valence-corrected chi connectivity index (χ2v) is 3.84. The van der Waals surface area contributed by atoms with Crippen molar-refractivity contribution in [2.75, 3.05) is 19.6 Å². The van der Waals surface area contributed by atoms with E-state index >= 15 is 0 Å². The number of amides is 2. The van der Waals surface area contributed by atoms with E-state index in [1.165, 1.54) is 0 Å². The molecule has 0 unspecified atom stereocenters. The van der Waals surface area contributed by atoms with Crippen LogP contribution in [-0.4, -0.2) is 42.1 Å². The van der Waals surface area contributed by atoms with Crippen molar-refractivity contribution >= 4 is 17.6 Å². The average molecular weight is 212 g/mol. The third-order valence-electron chi connectivity index (χ3n) is 2.27. The number of nitrogens with zero attached hydrogens (tertiary/aromatic N) is 1. The molecule has 1 aliphatic heterocycles. The summed E-state index contributed by atoms with van der Waals surface area (Å²) in [7, 11) is 0. The van der Waals surface area contributed by atoms with E-state index in [9.17, 15) is 14.4 Å². The van der Waals surface area contributed by atoms with E-state index < -0.39 is 0 Å². The van der Waals surface area contributed by atoms with Gasteiger partial charge in [-0.25, -0.2) is 0 Å². The maximum atomic E-state index is 11.0. The van der Waals surface area contributed by atoms with Crippen LogP contribution in [0, 0.1) is 0 Å². The molecule has 1 aliphatic rings. The van der Waals surface area contributed by atoms with E-state index in [4.69, 9.17) is 0 Å². The SMILES string of the molecule is CC(=O)CCCCN1CC(=O)NC(=O)C1. The Morgan fingerprint density at radius 2 is 1.87 bits per heavy atom. The first kappa shape index (κ1) is 11.8. The number of nitrogens with one attached hydrogen (secondary N) is 1. The van der Waals surface area contributed by atoms with Crippen LogP contribution >= 0.6 is 0 Å². The molecule has 84 valence electrons. The van der Waals surface area contributed by atoms with Crippen LogP contribution in [0.2, 0.25) is 0 Å². The maximum Gasteiger partial charge on any atom is 0.240 e. The third-order valence-corrected chi connectivity index (χ3v) is 2.27. The molecule has 0 aliphatic carbocycles. The molecule has 15 heavy (non-hydrogen) atoms. The number of unbranched alkanes of at least 4 members (excludes halogenated alkanes) is 1. The predicted molar refractivity (Wildman–Crippen MR) is 54.1 cm³/mol. The van der Waals surface area contributed by atoms with E-state index in [1.807, 2.05) is 0 Å². The summed E-state index contributed by atoms with van der Waals surface area (Å²) in [6, 6.07) is 0. The maximum absolute atomic E-state index is 11.0. The molecule has 0 bridgehead atoms. The molecular weight excluding hydrogens is 196 g/mol. The Balaban J connectivity index is 2.18. The fraction of sp³-hybridized carbons (Fsp3) is 0.700. The fourth-order valence-corrected chi connectivity index (χ4v) is 1.56. The van der Waals surface area contributed by atoms with Crippen LogP contribution < -0.4 is 5.32 Å². The second-order valence-electron chi connectivity index (χ2n) is 3.84. The van der Waals surface area contributed by atoms with Gasteiger partial charge in [0.2, 0.25) is 11.8 Å². The van der Waals surface area contributed by atoms with Gasteiger partial charge in [-0.15, -0.1) is 0 Å². The Morgan fingerprint density at radius 1 is 1.27 bits per heavy atom. The molecule has 0 saturated carbocycles. The minimum Gasteiger partial charge on any atom is -0.300 e. The minimum absolute atomic E-state index is 0.183. The Kier molecular flexibility index (Phi) is 4.42. The van der Waals surface area contributed by atoms with Gasteiger partial charge in [-0.05, 0) is 26.3 Å². The van der Waals surface area contributed by atoms with Crippen molar-refractivity contribution in [2.24, 2.45) is 0 Å². The van der Waals surface area contributed by atoms with Crippen molar-refractivity contribution in [1.29, 1.82) is 0 Å². The van der Waals surface area contributed by atoms with E-state index in [-0.39, 0.29) is 30.7 Å². The summed E-state index contributed by atoms with van der Waals surface area (Å²) in [5, 5.41) is 2.24. The summed E-state index contributed by atoms with van der Waals surface area (Å²) < 4.78 is 0. The summed E-state index contributed by atoms with van der Waals surface area (Å²) >= 11 is 0. The summed E-state index contributed by atoms with van der Waals surface area (Å²) in [6.07, 6.45) is 2.25. The predicted octanol–water partition coefficient (Wildman–Crippen LogP) is -0.296. The van der Waals surface area contributed by atoms with Gasteiger partial charge in [-0.3, -0.25) is 19.8 Å². The van der Waals surface area contributed by atoms with Crippen LogP contribution in [0.15, 0.2) is 0 Å². The molecule has 0 aromatic carbocycles. The molecule has 0 radical (unpaired) electrons. The van der Waals surface area contributed by atoms with Gasteiger partial charge in [0.25, 0.3) is 0 Å². The number of imide groups is 1. The highest BCUT2D eigenvalue weighted by molar-refractivity contribution is 5.99. The lowest BCUT2D eigenvalue weighted by atomic mass is 10.2. The van der Waals surface area contributed by atoms with Crippen molar-refractivity contribution in [3.63, 3.8) is 0 Å². The van der Waals surface area contributed by atoms with Gasteiger partial charge in [0, 0.05) is 6.42 Å². The molecule has 1 rings (SSSR count). The number of hydrogen-bond donors (Lipinski definition) is 1. The summed E-state index contributed by atoms with van der Waals surface area (Å²) in [6.45, 7) is 2.84. The monoisotopic (exact) mass is 212 g/mol. The number of carbonyl (C=O) groups excluding carboxylic acids is 3. The molecule has 2 amide bonds. The fourth-order valence-electron chi connectivity index (χ4n) is 1.56. The molecule has 0 aromatic heterocycles. The van der Waals surface area contributed by atoms with Crippen LogP contribution in [-0.2, 0) is 14.4 Å². The van der Waals surface area contributed by atoms with Crippen molar-refractivity contribution in [1.82, 2.24) is 10.2 Å². The highest BCUT2D eigenvalue weighted by Crippen LogP contribution is 2.01. The summed E-state index contributed by atoms with van der Waals surface area (Å²) in [5.41, 5.74) is 0. The van der Waals surface area contributed by atoms with E-state index in [2.05, 4.69) is 5.32 Å². The van der Waals surface area contributed by atoms with Gasteiger partial charge in [-0.1, -0.05) is 0 Å². The van der Waals surface area contributed by atoms with Crippen LogP contribution in [0.5, 0.6) is 0 Å².